The molecular weight excluding hydrogens is 319 g/mol. The van der Waals surface area contributed by atoms with Gasteiger partial charge in [0.25, 0.3) is 0 Å². The van der Waals surface area contributed by atoms with Crippen LogP contribution in [0, 0.1) is 5.82 Å². The molecule has 0 atom stereocenters. The van der Waals surface area contributed by atoms with Crippen molar-refractivity contribution in [3.8, 4) is 17.2 Å². The van der Waals surface area contributed by atoms with Gasteiger partial charge in [-0.15, -0.1) is 0 Å². The number of ether oxygens (including phenoxy) is 2. The van der Waals surface area contributed by atoms with Crippen LogP contribution in [0.15, 0.2) is 42.5 Å². The van der Waals surface area contributed by atoms with Gasteiger partial charge in [-0.3, -0.25) is 9.47 Å². The third-order valence-corrected chi connectivity index (χ3v) is 2.63. The second-order valence-corrected chi connectivity index (χ2v) is 4.24. The van der Waals surface area contributed by atoms with Gasteiger partial charge in [0, 0.05) is 24.3 Å². The molecule has 0 bridgehead atoms. The van der Waals surface area contributed by atoms with Crippen molar-refractivity contribution in [3.63, 3.8) is 0 Å². The van der Waals surface area contributed by atoms with Crippen molar-refractivity contribution in [3.05, 3.63) is 53.3 Å². The Balaban J connectivity index is 2.00. The van der Waals surface area contributed by atoms with E-state index in [9.17, 15) is 9.18 Å². The van der Waals surface area contributed by atoms with Gasteiger partial charge in [-0.05, 0) is 23.2 Å². The zero-order valence-electron chi connectivity index (χ0n) is 11.3. The van der Waals surface area contributed by atoms with Gasteiger partial charge >= 0.3 is 6.16 Å². The molecule has 116 valence electrons. The van der Waals surface area contributed by atoms with Crippen molar-refractivity contribution < 1.29 is 33.5 Å². The van der Waals surface area contributed by atoms with Crippen molar-refractivity contribution in [2.24, 2.45) is 0 Å². The highest BCUT2D eigenvalue weighted by molar-refractivity contribution is 6.32. The molecule has 2 rings (SSSR count). The van der Waals surface area contributed by atoms with E-state index in [-0.39, 0.29) is 22.3 Å². The Morgan fingerprint density at radius 3 is 2.36 bits per heavy atom. The lowest BCUT2D eigenvalue weighted by Gasteiger charge is -2.03. The molecule has 22 heavy (non-hydrogen) atoms. The van der Waals surface area contributed by atoms with Crippen LogP contribution < -0.4 is 14.4 Å². The van der Waals surface area contributed by atoms with Gasteiger partial charge in [0.05, 0.1) is 12.1 Å². The van der Waals surface area contributed by atoms with Gasteiger partial charge in [-0.25, -0.2) is 4.39 Å². The third kappa shape index (κ3) is 4.59. The van der Waals surface area contributed by atoms with Crippen LogP contribution in [0.5, 0.6) is 17.2 Å². The fourth-order valence-corrected chi connectivity index (χ4v) is 1.56. The molecule has 2 aromatic carbocycles. The fraction of sp³-hybridized carbons (Fsp3) is 0.0714. The van der Waals surface area contributed by atoms with E-state index in [1.54, 1.807) is 0 Å². The Labute approximate surface area is 129 Å². The average Bonchev–Trinajstić information content (AvgIpc) is 2.50. The van der Waals surface area contributed by atoms with E-state index in [0.29, 0.717) is 0 Å². The van der Waals surface area contributed by atoms with E-state index in [1.165, 1.54) is 49.6 Å². The summed E-state index contributed by atoms with van der Waals surface area (Å²) in [6.07, 6.45) is -0.757. The highest BCUT2D eigenvalue weighted by Crippen LogP contribution is 2.29. The summed E-state index contributed by atoms with van der Waals surface area (Å²) in [7, 11) is 1.25. The quantitative estimate of drug-likeness (QED) is 0.277. The normalized spacial score (nSPS) is 10.1. The highest BCUT2D eigenvalue weighted by Gasteiger charge is 2.20. The molecule has 6 nitrogen and oxygen atoms in total. The molecule has 0 aromatic heterocycles. The largest absolute Gasteiger partial charge is 0.724 e. The topological polar surface area (TPSA) is 67.5 Å². The highest BCUT2D eigenvalue weighted by atomic mass is 35.5. The predicted octanol–water partition coefficient (Wildman–Crippen LogP) is 3.27. The first-order valence-electron chi connectivity index (χ1n) is 5.92. The van der Waals surface area contributed by atoms with Crippen molar-refractivity contribution >= 4 is 17.8 Å². The number of benzene rings is 2. The van der Waals surface area contributed by atoms with E-state index < -0.39 is 12.0 Å². The minimum Gasteiger partial charge on any atom is -0.336 e. The molecule has 8 heteroatoms. The number of halogens is 2. The molecule has 0 spiro atoms. The zero-order valence-corrected chi connectivity index (χ0v) is 12.0. The maximum absolute atomic E-state index is 12.8. The summed E-state index contributed by atoms with van der Waals surface area (Å²) in [5.74, 6) is 0.0479. The van der Waals surface area contributed by atoms with Crippen LogP contribution in [-0.4, -0.2) is 18.1 Å². The van der Waals surface area contributed by atoms with Gasteiger partial charge in [0.15, 0.2) is 5.75 Å². The average molecular weight is 330 g/mol. The second-order valence-electron chi connectivity index (χ2n) is 3.83. The molecular formula is C14H11ClFO6+. The van der Waals surface area contributed by atoms with Crippen molar-refractivity contribution in [2.75, 3.05) is 7.11 Å². The van der Waals surface area contributed by atoms with Crippen LogP contribution in [0.2, 0.25) is 5.02 Å². The molecule has 0 aliphatic carbocycles. The summed E-state index contributed by atoms with van der Waals surface area (Å²) in [6.45, 7) is 0. The predicted molar refractivity (Wildman–Crippen MR) is 74.8 cm³/mol. The molecule has 0 saturated heterocycles. The number of carbonyl (C=O) groups excluding carboxylic acids is 1. The van der Waals surface area contributed by atoms with Crippen LogP contribution in [-0.2, 0) is 9.93 Å². The molecule has 0 aliphatic rings. The molecule has 0 unspecified atom stereocenters. The third-order valence-electron chi connectivity index (χ3n) is 2.32. The Morgan fingerprint density at radius 2 is 1.68 bits per heavy atom. The van der Waals surface area contributed by atoms with E-state index >= 15 is 0 Å². The summed E-state index contributed by atoms with van der Waals surface area (Å²) < 4.78 is 22.8. The minimum absolute atomic E-state index is 0.107. The van der Waals surface area contributed by atoms with Gasteiger partial charge < -0.3 is 9.68 Å². The monoisotopic (exact) mass is 329 g/mol. The number of rotatable bonds is 5. The lowest BCUT2D eigenvalue weighted by Crippen LogP contribution is -2.16. The molecule has 0 radical (unpaired) electrons. The lowest BCUT2D eigenvalue weighted by atomic mass is 10.3. The van der Waals surface area contributed by atoms with Crippen molar-refractivity contribution in [2.45, 2.75) is 0 Å². The molecule has 2 aromatic rings. The first-order valence-corrected chi connectivity index (χ1v) is 6.30. The van der Waals surface area contributed by atoms with Crippen molar-refractivity contribution in [1.29, 1.82) is 0 Å². The molecule has 0 saturated carbocycles. The molecule has 0 heterocycles. The minimum atomic E-state index is -0.757. The maximum Gasteiger partial charge on any atom is 0.724 e. The Kier molecular flexibility index (Phi) is 5.54. The Morgan fingerprint density at radius 1 is 1.05 bits per heavy atom. The van der Waals surface area contributed by atoms with Crippen LogP contribution >= 0.6 is 11.6 Å². The fourth-order valence-electron chi connectivity index (χ4n) is 1.41. The molecule has 0 fully saturated rings. The van der Waals surface area contributed by atoms with Crippen LogP contribution in [0.1, 0.15) is 0 Å². The van der Waals surface area contributed by atoms with E-state index in [1.807, 2.05) is 0 Å². The first kappa shape index (κ1) is 16.0. The van der Waals surface area contributed by atoms with Gasteiger partial charge in [0.2, 0.25) is 11.5 Å². The van der Waals surface area contributed by atoms with Gasteiger partial charge in [0.1, 0.15) is 5.82 Å². The van der Waals surface area contributed by atoms with Crippen LogP contribution in [0.25, 0.3) is 0 Å². The SMILES string of the molecule is COOOc1cc(OC(=[OH+])Oc2ccc(F)cc2)ccc1Cl. The molecule has 0 aliphatic heterocycles. The Bertz CT molecular complexity index is 646. The van der Waals surface area contributed by atoms with Crippen LogP contribution in [0.3, 0.4) is 0 Å². The summed E-state index contributed by atoms with van der Waals surface area (Å²) in [4.78, 5) is 18.6. The molecule has 0 amide bonds. The maximum atomic E-state index is 12.8. The standard InChI is InChI=1S/C14H10ClFO6/c1-18-22-21-13-8-11(6-7-12(13)15)20-14(17)19-10-4-2-9(16)3-5-10/h2-8H,1H3/p+1. The molecule has 1 N–H and O–H groups in total. The van der Waals surface area contributed by atoms with Crippen molar-refractivity contribution in [1.82, 2.24) is 0 Å². The lowest BCUT2D eigenvalue weighted by molar-refractivity contribution is -0.453. The first-order chi connectivity index (χ1) is 10.6. The second kappa shape index (κ2) is 7.60. The van der Waals surface area contributed by atoms with E-state index in [4.69, 9.17) is 26.0 Å². The zero-order chi connectivity index (χ0) is 15.9. The smallest absolute Gasteiger partial charge is 0.336 e. The van der Waals surface area contributed by atoms with E-state index in [2.05, 4.69) is 9.93 Å². The van der Waals surface area contributed by atoms with E-state index in [0.717, 1.165) is 0 Å². The summed E-state index contributed by atoms with van der Waals surface area (Å²) in [5, 5.41) is 4.53. The number of hydrogen-bond donors (Lipinski definition) is 0. The van der Waals surface area contributed by atoms with Gasteiger partial charge in [-0.2, -0.15) is 4.89 Å². The summed E-state index contributed by atoms with van der Waals surface area (Å²) in [5.41, 5.74) is 0. The summed E-state index contributed by atoms with van der Waals surface area (Å²) >= 11 is 5.86. The van der Waals surface area contributed by atoms with Crippen LogP contribution in [0.4, 0.5) is 4.39 Å². The summed E-state index contributed by atoms with van der Waals surface area (Å²) in [6, 6.07) is 9.28. The Hall–Kier alpha value is -2.35. The van der Waals surface area contributed by atoms with Gasteiger partial charge in [-0.1, -0.05) is 11.6 Å². The number of hydrogen-bond acceptors (Lipinski definition) is 5.